The van der Waals surface area contributed by atoms with Crippen molar-refractivity contribution < 1.29 is 14.9 Å². The Morgan fingerprint density at radius 2 is 2.22 bits per heavy atom. The van der Waals surface area contributed by atoms with Crippen LogP contribution in [0.25, 0.3) is 0 Å². The maximum atomic E-state index is 9.75. The van der Waals surface area contributed by atoms with E-state index < -0.39 is 6.10 Å². The highest BCUT2D eigenvalue weighted by Gasteiger charge is 2.26. The number of aliphatic hydroxyl groups excluding tert-OH is 2. The van der Waals surface area contributed by atoms with Crippen molar-refractivity contribution in [3.8, 4) is 5.75 Å². The number of ether oxygens (including phenoxy) is 1. The van der Waals surface area contributed by atoms with Crippen LogP contribution in [0.4, 0.5) is 0 Å². The molecule has 0 aliphatic heterocycles. The third kappa shape index (κ3) is 4.24. The lowest BCUT2D eigenvalue weighted by Gasteiger charge is -2.32. The van der Waals surface area contributed by atoms with E-state index in [4.69, 9.17) is 9.84 Å². The molecule has 1 aliphatic rings. The van der Waals surface area contributed by atoms with E-state index in [0.717, 1.165) is 23.1 Å². The lowest BCUT2D eigenvalue weighted by atomic mass is 9.89. The largest absolute Gasteiger partial charge is 0.491 e. The Morgan fingerprint density at radius 3 is 2.89 bits per heavy atom. The minimum absolute atomic E-state index is 0.169. The van der Waals surface area contributed by atoms with Crippen LogP contribution < -0.4 is 10.1 Å². The standard InChI is InChI=1S/C13H18BrNO3/c14-9-2-1-3-13(4-9)18-8-12(17)7-15-10-5-11(16)6-10/h1-4,10-12,15-17H,5-8H2. The Hall–Kier alpha value is -0.620. The van der Waals surface area contributed by atoms with Gasteiger partial charge in [-0.3, -0.25) is 0 Å². The molecule has 18 heavy (non-hydrogen) atoms. The van der Waals surface area contributed by atoms with Crippen LogP contribution in [-0.4, -0.2) is 41.6 Å². The Bertz CT molecular complexity index is 382. The van der Waals surface area contributed by atoms with Crippen molar-refractivity contribution in [2.75, 3.05) is 13.2 Å². The lowest BCUT2D eigenvalue weighted by Crippen LogP contribution is -2.47. The molecule has 0 saturated heterocycles. The zero-order valence-corrected chi connectivity index (χ0v) is 11.6. The highest BCUT2D eigenvalue weighted by Crippen LogP contribution is 2.19. The summed E-state index contributed by atoms with van der Waals surface area (Å²) in [7, 11) is 0. The lowest BCUT2D eigenvalue weighted by molar-refractivity contribution is 0.0488. The van der Waals surface area contributed by atoms with E-state index in [9.17, 15) is 5.11 Å². The average molecular weight is 316 g/mol. The molecule has 1 saturated carbocycles. The predicted molar refractivity (Wildman–Crippen MR) is 72.7 cm³/mol. The van der Waals surface area contributed by atoms with Crippen LogP contribution in [0.15, 0.2) is 28.7 Å². The van der Waals surface area contributed by atoms with Crippen LogP contribution in [0.1, 0.15) is 12.8 Å². The molecular weight excluding hydrogens is 298 g/mol. The minimum Gasteiger partial charge on any atom is -0.491 e. The molecule has 1 aliphatic carbocycles. The Morgan fingerprint density at radius 1 is 1.44 bits per heavy atom. The molecule has 0 heterocycles. The molecule has 1 aromatic carbocycles. The van der Waals surface area contributed by atoms with E-state index in [1.54, 1.807) is 0 Å². The first-order valence-electron chi connectivity index (χ1n) is 6.11. The van der Waals surface area contributed by atoms with Crippen molar-refractivity contribution >= 4 is 15.9 Å². The SMILES string of the molecule is OC(CNC1CC(O)C1)COc1cccc(Br)c1. The maximum Gasteiger partial charge on any atom is 0.120 e. The molecule has 0 bridgehead atoms. The van der Waals surface area contributed by atoms with E-state index in [2.05, 4.69) is 21.2 Å². The smallest absolute Gasteiger partial charge is 0.120 e. The highest BCUT2D eigenvalue weighted by molar-refractivity contribution is 9.10. The molecule has 5 heteroatoms. The van der Waals surface area contributed by atoms with Gasteiger partial charge in [-0.1, -0.05) is 22.0 Å². The van der Waals surface area contributed by atoms with Crippen molar-refractivity contribution in [2.45, 2.75) is 31.1 Å². The molecule has 0 aromatic heterocycles. The summed E-state index contributed by atoms with van der Waals surface area (Å²) in [6.07, 6.45) is 0.845. The van der Waals surface area contributed by atoms with Gasteiger partial charge in [0.05, 0.1) is 6.10 Å². The molecule has 3 N–H and O–H groups in total. The zero-order chi connectivity index (χ0) is 13.0. The molecule has 0 amide bonds. The summed E-state index contributed by atoms with van der Waals surface area (Å²) in [5.74, 6) is 0.738. The Balaban J connectivity index is 1.63. The van der Waals surface area contributed by atoms with Crippen molar-refractivity contribution in [3.63, 3.8) is 0 Å². The normalized spacial score (nSPS) is 24.4. The second-order valence-electron chi connectivity index (χ2n) is 4.65. The fourth-order valence-corrected chi connectivity index (χ4v) is 2.24. The quantitative estimate of drug-likeness (QED) is 0.740. The van der Waals surface area contributed by atoms with Crippen molar-refractivity contribution in [3.05, 3.63) is 28.7 Å². The van der Waals surface area contributed by atoms with Crippen LogP contribution in [0.2, 0.25) is 0 Å². The summed E-state index contributed by atoms with van der Waals surface area (Å²) >= 11 is 3.36. The number of rotatable bonds is 6. The molecule has 100 valence electrons. The fourth-order valence-electron chi connectivity index (χ4n) is 1.87. The fraction of sp³-hybridized carbons (Fsp3) is 0.538. The van der Waals surface area contributed by atoms with Gasteiger partial charge in [0.2, 0.25) is 0 Å². The van der Waals surface area contributed by atoms with Crippen molar-refractivity contribution in [1.82, 2.24) is 5.32 Å². The third-order valence-corrected chi connectivity index (χ3v) is 3.49. The second kappa shape index (κ2) is 6.52. The molecule has 1 atom stereocenters. The summed E-state index contributed by atoms with van der Waals surface area (Å²) in [4.78, 5) is 0. The first kappa shape index (κ1) is 13.8. The maximum absolute atomic E-state index is 9.75. The number of hydrogen-bond donors (Lipinski definition) is 3. The highest BCUT2D eigenvalue weighted by atomic mass is 79.9. The summed E-state index contributed by atoms with van der Waals surface area (Å²) in [5.41, 5.74) is 0. The van der Waals surface area contributed by atoms with Gasteiger partial charge in [-0.05, 0) is 31.0 Å². The average Bonchev–Trinajstić information content (AvgIpc) is 2.31. The first-order chi connectivity index (χ1) is 8.63. The minimum atomic E-state index is -0.540. The second-order valence-corrected chi connectivity index (χ2v) is 5.57. The van der Waals surface area contributed by atoms with Gasteiger partial charge in [0.25, 0.3) is 0 Å². The summed E-state index contributed by atoms with van der Waals surface area (Å²) in [5, 5.41) is 22.1. The van der Waals surface area contributed by atoms with Gasteiger partial charge < -0.3 is 20.3 Å². The van der Waals surface area contributed by atoms with Crippen molar-refractivity contribution in [1.29, 1.82) is 0 Å². The van der Waals surface area contributed by atoms with Gasteiger partial charge in [0.1, 0.15) is 18.5 Å². The molecule has 4 nitrogen and oxygen atoms in total. The first-order valence-corrected chi connectivity index (χ1v) is 6.90. The topological polar surface area (TPSA) is 61.7 Å². The molecule has 1 aromatic rings. The molecule has 2 rings (SSSR count). The molecule has 1 unspecified atom stereocenters. The molecule has 0 spiro atoms. The third-order valence-electron chi connectivity index (χ3n) is 2.99. The molecule has 0 radical (unpaired) electrons. The van der Waals surface area contributed by atoms with Gasteiger partial charge in [0.15, 0.2) is 0 Å². The van der Waals surface area contributed by atoms with Gasteiger partial charge in [-0.15, -0.1) is 0 Å². The number of hydrogen-bond acceptors (Lipinski definition) is 4. The Kier molecular flexibility index (Phi) is 5.00. The van der Waals surface area contributed by atoms with Gasteiger partial charge in [0, 0.05) is 17.1 Å². The number of nitrogens with one attached hydrogen (secondary N) is 1. The van der Waals surface area contributed by atoms with E-state index in [-0.39, 0.29) is 12.7 Å². The van der Waals surface area contributed by atoms with E-state index in [0.29, 0.717) is 12.6 Å². The molecule has 1 fully saturated rings. The van der Waals surface area contributed by atoms with E-state index in [1.165, 1.54) is 0 Å². The van der Waals surface area contributed by atoms with Crippen LogP contribution in [0.5, 0.6) is 5.75 Å². The van der Waals surface area contributed by atoms with Gasteiger partial charge in [-0.2, -0.15) is 0 Å². The van der Waals surface area contributed by atoms with Gasteiger partial charge in [-0.25, -0.2) is 0 Å². The molecular formula is C13H18BrNO3. The van der Waals surface area contributed by atoms with E-state index >= 15 is 0 Å². The zero-order valence-electron chi connectivity index (χ0n) is 10.1. The summed E-state index contributed by atoms with van der Waals surface area (Å²) in [6.45, 7) is 0.754. The van der Waals surface area contributed by atoms with Crippen LogP contribution >= 0.6 is 15.9 Å². The predicted octanol–water partition coefficient (Wildman–Crippen LogP) is 1.30. The van der Waals surface area contributed by atoms with Crippen molar-refractivity contribution in [2.24, 2.45) is 0 Å². The monoisotopic (exact) mass is 315 g/mol. The van der Waals surface area contributed by atoms with Crippen LogP contribution in [0.3, 0.4) is 0 Å². The summed E-state index contributed by atoms with van der Waals surface area (Å²) in [6, 6.07) is 7.86. The number of aliphatic hydroxyl groups is 2. The van der Waals surface area contributed by atoms with Crippen LogP contribution in [-0.2, 0) is 0 Å². The number of benzene rings is 1. The van der Waals surface area contributed by atoms with Gasteiger partial charge >= 0.3 is 0 Å². The Labute approximate surface area is 115 Å². The van der Waals surface area contributed by atoms with Crippen LogP contribution in [0, 0.1) is 0 Å². The number of halogens is 1. The van der Waals surface area contributed by atoms with E-state index in [1.807, 2.05) is 24.3 Å². The summed E-state index contributed by atoms with van der Waals surface area (Å²) < 4.78 is 6.44.